The molecule has 0 fully saturated rings. The highest BCUT2D eigenvalue weighted by Crippen LogP contribution is 2.47. The van der Waals surface area contributed by atoms with Crippen LogP contribution in [0, 0.1) is 5.82 Å². The minimum Gasteiger partial charge on any atom is -0.482 e. The van der Waals surface area contributed by atoms with Gasteiger partial charge in [0, 0.05) is 32.5 Å². The first-order valence-electron chi connectivity index (χ1n) is 10.2. The van der Waals surface area contributed by atoms with Crippen molar-refractivity contribution in [3.8, 4) is 11.5 Å². The van der Waals surface area contributed by atoms with Crippen LogP contribution in [-0.2, 0) is 20.4 Å². The summed E-state index contributed by atoms with van der Waals surface area (Å²) in [5.41, 5.74) is 0.767. The SMILES string of the molecule is COCOc1c2c(c(OCP(C)(=O)OC)c3cccnc13)C(=O)N(Cc1ccc(F)cc1)C2=O. The molecular weight excluding hydrogens is 466 g/mol. The minimum absolute atomic E-state index is 0.0326. The van der Waals surface area contributed by atoms with Crippen LogP contribution in [0.5, 0.6) is 11.5 Å². The van der Waals surface area contributed by atoms with Crippen LogP contribution in [-0.4, -0.2) is 55.7 Å². The molecule has 4 rings (SSSR count). The highest BCUT2D eigenvalue weighted by molar-refractivity contribution is 7.57. The Morgan fingerprint density at radius 1 is 1.00 bits per heavy atom. The van der Waals surface area contributed by atoms with Crippen molar-refractivity contribution >= 4 is 30.1 Å². The largest absolute Gasteiger partial charge is 0.482 e. The van der Waals surface area contributed by atoms with Crippen molar-refractivity contribution < 1.29 is 37.3 Å². The second kappa shape index (κ2) is 9.50. The Bertz CT molecular complexity index is 1310. The molecule has 2 aromatic carbocycles. The highest BCUT2D eigenvalue weighted by Gasteiger charge is 2.43. The molecule has 0 saturated heterocycles. The van der Waals surface area contributed by atoms with E-state index in [1.807, 2.05) is 0 Å². The highest BCUT2D eigenvalue weighted by atomic mass is 31.2. The first kappa shape index (κ1) is 23.8. The van der Waals surface area contributed by atoms with Gasteiger partial charge >= 0.3 is 0 Å². The van der Waals surface area contributed by atoms with Crippen LogP contribution in [0.4, 0.5) is 4.39 Å². The van der Waals surface area contributed by atoms with Crippen molar-refractivity contribution in [3.63, 3.8) is 0 Å². The van der Waals surface area contributed by atoms with Crippen molar-refractivity contribution in [2.45, 2.75) is 6.54 Å². The van der Waals surface area contributed by atoms with Crippen LogP contribution in [0.15, 0.2) is 42.6 Å². The van der Waals surface area contributed by atoms with Crippen LogP contribution < -0.4 is 9.47 Å². The number of halogens is 1. The summed E-state index contributed by atoms with van der Waals surface area (Å²) < 4.78 is 47.4. The normalized spacial score (nSPS) is 14.9. The number of ether oxygens (including phenoxy) is 3. The number of aromatic nitrogens is 1. The number of fused-ring (bicyclic) bond motifs is 2. The molecule has 2 amide bonds. The minimum atomic E-state index is -3.12. The lowest BCUT2D eigenvalue weighted by molar-refractivity contribution is 0.0505. The van der Waals surface area contributed by atoms with Crippen LogP contribution in [0.25, 0.3) is 10.9 Å². The molecule has 34 heavy (non-hydrogen) atoms. The molecule has 1 unspecified atom stereocenters. The van der Waals surface area contributed by atoms with Gasteiger partial charge in [-0.3, -0.25) is 24.0 Å². The Labute approximate surface area is 194 Å². The van der Waals surface area contributed by atoms with Gasteiger partial charge < -0.3 is 18.7 Å². The van der Waals surface area contributed by atoms with Crippen molar-refractivity contribution in [2.24, 2.45) is 0 Å². The second-order valence-corrected chi connectivity index (χ2v) is 10.3. The van der Waals surface area contributed by atoms with Crippen molar-refractivity contribution in [2.75, 3.05) is 34.0 Å². The lowest BCUT2D eigenvalue weighted by Crippen LogP contribution is -2.29. The summed E-state index contributed by atoms with van der Waals surface area (Å²) in [5.74, 6) is -1.56. The lowest BCUT2D eigenvalue weighted by atomic mass is 10.0. The molecule has 2 heterocycles. The number of carbonyl (C=O) groups excluding carboxylic acids is 2. The quantitative estimate of drug-likeness (QED) is 0.253. The molecule has 0 spiro atoms. The first-order chi connectivity index (χ1) is 16.3. The van der Waals surface area contributed by atoms with Crippen LogP contribution in [0.3, 0.4) is 0 Å². The van der Waals surface area contributed by atoms with E-state index in [9.17, 15) is 18.5 Å². The van der Waals surface area contributed by atoms with Gasteiger partial charge in [0.15, 0.2) is 18.9 Å². The third-order valence-electron chi connectivity index (χ3n) is 5.29. The van der Waals surface area contributed by atoms with Gasteiger partial charge in [0.1, 0.15) is 22.6 Å². The van der Waals surface area contributed by atoms with Gasteiger partial charge in [-0.25, -0.2) is 4.39 Å². The van der Waals surface area contributed by atoms with E-state index < -0.39 is 25.0 Å². The average Bonchev–Trinajstić information content (AvgIpc) is 3.07. The molecule has 3 aromatic rings. The molecule has 0 aliphatic carbocycles. The molecule has 1 aromatic heterocycles. The molecule has 1 atom stereocenters. The zero-order valence-corrected chi connectivity index (χ0v) is 19.6. The number of carbonyl (C=O) groups is 2. The van der Waals surface area contributed by atoms with Gasteiger partial charge in [0.2, 0.25) is 7.37 Å². The summed E-state index contributed by atoms with van der Waals surface area (Å²) in [5, 5.41) is 0.397. The van der Waals surface area contributed by atoms with Gasteiger partial charge in [-0.05, 0) is 29.8 Å². The smallest absolute Gasteiger partial charge is 0.265 e. The van der Waals surface area contributed by atoms with Crippen LogP contribution in [0.1, 0.15) is 26.3 Å². The summed E-state index contributed by atoms with van der Waals surface area (Å²) in [6.45, 7) is 1.12. The van der Waals surface area contributed by atoms with Crippen molar-refractivity contribution in [3.05, 3.63) is 65.1 Å². The number of imide groups is 1. The van der Waals surface area contributed by atoms with Crippen LogP contribution >= 0.6 is 7.37 Å². The number of pyridine rings is 1. The molecule has 0 bridgehead atoms. The fraction of sp³-hybridized carbons (Fsp3) is 0.261. The number of methoxy groups -OCH3 is 1. The molecule has 178 valence electrons. The first-order valence-corrected chi connectivity index (χ1v) is 12.4. The fourth-order valence-corrected chi connectivity index (χ4v) is 4.05. The molecule has 1 aliphatic heterocycles. The predicted octanol–water partition coefficient (Wildman–Crippen LogP) is 4.04. The van der Waals surface area contributed by atoms with Crippen molar-refractivity contribution in [1.29, 1.82) is 0 Å². The van der Waals surface area contributed by atoms with Gasteiger partial charge in [0.05, 0.1) is 12.1 Å². The number of hydrogen-bond donors (Lipinski definition) is 0. The van der Waals surface area contributed by atoms with E-state index in [1.165, 1.54) is 51.3 Å². The van der Waals surface area contributed by atoms with Crippen molar-refractivity contribution in [1.82, 2.24) is 9.88 Å². The molecule has 11 heteroatoms. The van der Waals surface area contributed by atoms with Crippen LogP contribution in [0.2, 0.25) is 0 Å². The Morgan fingerprint density at radius 2 is 1.68 bits per heavy atom. The molecule has 1 aliphatic rings. The summed E-state index contributed by atoms with van der Waals surface area (Å²) in [4.78, 5) is 32.3. The summed E-state index contributed by atoms with van der Waals surface area (Å²) in [6.07, 6.45) is 1.19. The lowest BCUT2D eigenvalue weighted by Gasteiger charge is -2.18. The number of benzene rings is 2. The average molecular weight is 488 g/mol. The Hall–Kier alpha value is -3.33. The van der Waals surface area contributed by atoms with E-state index in [2.05, 4.69) is 4.98 Å². The molecule has 0 saturated carbocycles. The zero-order valence-electron chi connectivity index (χ0n) is 18.7. The van der Waals surface area contributed by atoms with Gasteiger partial charge in [-0.2, -0.15) is 0 Å². The number of rotatable bonds is 9. The van der Waals surface area contributed by atoms with E-state index >= 15 is 0 Å². The predicted molar refractivity (Wildman–Crippen MR) is 121 cm³/mol. The molecule has 0 N–H and O–H groups in total. The Kier molecular flexibility index (Phi) is 6.65. The zero-order chi connectivity index (χ0) is 24.5. The summed E-state index contributed by atoms with van der Waals surface area (Å²) in [7, 11) is -0.398. The van der Waals surface area contributed by atoms with Gasteiger partial charge in [-0.1, -0.05) is 12.1 Å². The van der Waals surface area contributed by atoms with Gasteiger partial charge in [-0.15, -0.1) is 0 Å². The van der Waals surface area contributed by atoms with E-state index in [4.69, 9.17) is 18.7 Å². The summed E-state index contributed by atoms with van der Waals surface area (Å²) in [6, 6.07) is 8.77. The number of hydrogen-bond acceptors (Lipinski definition) is 8. The maximum Gasteiger partial charge on any atom is 0.265 e. The third-order valence-corrected chi connectivity index (χ3v) is 6.66. The fourth-order valence-electron chi connectivity index (χ4n) is 3.58. The van der Waals surface area contributed by atoms with E-state index in [0.717, 1.165) is 4.90 Å². The molecule has 9 nitrogen and oxygen atoms in total. The Balaban J connectivity index is 1.88. The molecule has 0 radical (unpaired) electrons. The topological polar surface area (TPSA) is 104 Å². The Morgan fingerprint density at radius 3 is 2.32 bits per heavy atom. The van der Waals surface area contributed by atoms with E-state index in [1.54, 1.807) is 12.1 Å². The number of amides is 2. The van der Waals surface area contributed by atoms with Gasteiger partial charge in [0.25, 0.3) is 11.8 Å². The summed E-state index contributed by atoms with van der Waals surface area (Å²) >= 11 is 0. The van der Waals surface area contributed by atoms with E-state index in [-0.39, 0.29) is 47.8 Å². The molecular formula is C23H22FN2O7P. The standard InChI is InChI=1S/C23H22FN2O7P/c1-30-12-32-21-18-17(22(27)26(23(18)28)11-14-6-8-15(24)9-7-14)20(33-13-34(3,29)31-2)16-5-4-10-25-19(16)21/h4-10H,11-13H2,1-3H3. The monoisotopic (exact) mass is 488 g/mol. The van der Waals surface area contributed by atoms with E-state index in [0.29, 0.717) is 10.9 Å². The second-order valence-electron chi connectivity index (χ2n) is 7.65. The maximum atomic E-state index is 13.5. The third kappa shape index (κ3) is 4.40. The number of nitrogens with zero attached hydrogens (tertiary/aromatic N) is 2. The maximum absolute atomic E-state index is 13.5.